The standard InChI is InChI=1S/C13H15F4NO4S2/c14-13(15,16)12(9-3-1-2-4-9)18-24(21,22)11-7-5-10(6-8-11)23(17,19)20/h5-9,12,18H,1-4H2. The van der Waals surface area contributed by atoms with E-state index in [0.29, 0.717) is 25.0 Å². The lowest BCUT2D eigenvalue weighted by atomic mass is 9.99. The van der Waals surface area contributed by atoms with E-state index in [4.69, 9.17) is 0 Å². The maximum absolute atomic E-state index is 13.2. The van der Waals surface area contributed by atoms with E-state index in [1.807, 2.05) is 0 Å². The van der Waals surface area contributed by atoms with Crippen LogP contribution in [0.1, 0.15) is 25.7 Å². The third-order valence-electron chi connectivity index (χ3n) is 3.92. The third kappa shape index (κ3) is 4.45. The summed E-state index contributed by atoms with van der Waals surface area (Å²) in [5.41, 5.74) is 0. The van der Waals surface area contributed by atoms with Crippen LogP contribution in [0.15, 0.2) is 34.1 Å². The summed E-state index contributed by atoms with van der Waals surface area (Å²) in [5.74, 6) is -0.842. The van der Waals surface area contributed by atoms with E-state index in [9.17, 15) is 33.9 Å². The molecule has 1 fully saturated rings. The molecular weight excluding hydrogens is 374 g/mol. The molecule has 1 unspecified atom stereocenters. The van der Waals surface area contributed by atoms with Crippen LogP contribution in [0.3, 0.4) is 0 Å². The Kier molecular flexibility index (Phi) is 5.26. The van der Waals surface area contributed by atoms with Crippen LogP contribution in [-0.2, 0) is 20.2 Å². The van der Waals surface area contributed by atoms with Crippen molar-refractivity contribution in [3.63, 3.8) is 0 Å². The Morgan fingerprint density at radius 1 is 0.958 bits per heavy atom. The maximum atomic E-state index is 13.2. The first-order valence-corrected chi connectivity index (χ1v) is 9.92. The van der Waals surface area contributed by atoms with Crippen LogP contribution in [0.4, 0.5) is 17.1 Å². The molecule has 1 atom stereocenters. The number of hydrogen-bond donors (Lipinski definition) is 1. The molecule has 2 rings (SSSR count). The van der Waals surface area contributed by atoms with Crippen molar-refractivity contribution in [3.8, 4) is 0 Å². The minimum Gasteiger partial charge on any atom is -0.207 e. The zero-order valence-corrected chi connectivity index (χ0v) is 13.9. The van der Waals surface area contributed by atoms with E-state index in [1.165, 1.54) is 0 Å². The number of halogens is 4. The molecule has 1 aliphatic carbocycles. The fourth-order valence-corrected chi connectivity index (χ4v) is 4.49. The molecular formula is C13H15F4NO4S2. The summed E-state index contributed by atoms with van der Waals surface area (Å²) in [6.45, 7) is 0. The quantitative estimate of drug-likeness (QED) is 0.620. The molecule has 0 spiro atoms. The molecule has 1 aromatic carbocycles. The molecule has 5 nitrogen and oxygen atoms in total. The molecule has 1 aliphatic rings. The van der Waals surface area contributed by atoms with Gasteiger partial charge in [0.15, 0.2) is 0 Å². The number of alkyl halides is 3. The fourth-order valence-electron chi connectivity index (χ4n) is 2.74. The highest BCUT2D eigenvalue weighted by Gasteiger charge is 2.47. The number of sulfonamides is 1. The van der Waals surface area contributed by atoms with Crippen molar-refractivity contribution in [2.75, 3.05) is 0 Å². The smallest absolute Gasteiger partial charge is 0.207 e. The molecule has 11 heteroatoms. The average Bonchev–Trinajstić information content (AvgIpc) is 2.96. The normalized spacial score (nSPS) is 18.7. The molecule has 1 aromatic rings. The summed E-state index contributed by atoms with van der Waals surface area (Å²) in [6, 6.07) is 0.646. The van der Waals surface area contributed by atoms with Gasteiger partial charge in [0.05, 0.1) is 9.79 Å². The third-order valence-corrected chi connectivity index (χ3v) is 6.21. The van der Waals surface area contributed by atoms with Gasteiger partial charge in [0, 0.05) is 0 Å². The van der Waals surface area contributed by atoms with Gasteiger partial charge in [-0.25, -0.2) is 8.42 Å². The van der Waals surface area contributed by atoms with Gasteiger partial charge in [0.1, 0.15) is 6.04 Å². The van der Waals surface area contributed by atoms with E-state index in [-0.39, 0.29) is 12.8 Å². The van der Waals surface area contributed by atoms with Crippen molar-refractivity contribution in [3.05, 3.63) is 24.3 Å². The van der Waals surface area contributed by atoms with Gasteiger partial charge in [0.25, 0.3) is 0 Å². The van der Waals surface area contributed by atoms with Crippen molar-refractivity contribution in [2.45, 2.75) is 47.7 Å². The van der Waals surface area contributed by atoms with Crippen LogP contribution in [-0.4, -0.2) is 29.1 Å². The molecule has 0 amide bonds. The van der Waals surface area contributed by atoms with Crippen molar-refractivity contribution in [1.29, 1.82) is 0 Å². The first-order valence-electron chi connectivity index (χ1n) is 7.05. The van der Waals surface area contributed by atoms with Gasteiger partial charge < -0.3 is 0 Å². The monoisotopic (exact) mass is 389 g/mol. The highest BCUT2D eigenvalue weighted by Crippen LogP contribution is 2.36. The van der Waals surface area contributed by atoms with Gasteiger partial charge in [-0.1, -0.05) is 12.8 Å². The van der Waals surface area contributed by atoms with Gasteiger partial charge in [0.2, 0.25) is 10.0 Å². The number of nitrogens with one attached hydrogen (secondary N) is 1. The molecule has 1 N–H and O–H groups in total. The summed E-state index contributed by atoms with van der Waals surface area (Å²) >= 11 is 0. The zero-order valence-electron chi connectivity index (χ0n) is 12.3. The van der Waals surface area contributed by atoms with Gasteiger partial charge in [-0.05, 0) is 43.0 Å². The summed E-state index contributed by atoms with van der Waals surface area (Å²) in [4.78, 5) is -1.34. The lowest BCUT2D eigenvalue weighted by Crippen LogP contribution is -2.49. The Bertz CT molecular complexity index is 782. The molecule has 0 aromatic heterocycles. The van der Waals surface area contributed by atoms with Crippen molar-refractivity contribution in [1.82, 2.24) is 4.72 Å². The molecule has 0 saturated heterocycles. The highest BCUT2D eigenvalue weighted by atomic mass is 32.3. The second-order valence-corrected chi connectivity index (χ2v) is 8.66. The minimum absolute atomic E-state index is 0.270. The Hall–Kier alpha value is -1.20. The van der Waals surface area contributed by atoms with Crippen molar-refractivity contribution >= 4 is 20.2 Å². The topological polar surface area (TPSA) is 80.3 Å². The fraction of sp³-hybridized carbons (Fsp3) is 0.538. The summed E-state index contributed by atoms with van der Waals surface area (Å²) in [6.07, 6.45) is -3.01. The number of benzene rings is 1. The van der Waals surface area contributed by atoms with Crippen LogP contribution < -0.4 is 4.72 Å². The SMILES string of the molecule is O=S(=O)(F)c1ccc(S(=O)(=O)NC(C2CCCC2)C(F)(F)F)cc1. The van der Waals surface area contributed by atoms with Gasteiger partial charge in [-0.15, -0.1) is 3.89 Å². The summed E-state index contributed by atoms with van der Waals surface area (Å²) < 4.78 is 99.7. The van der Waals surface area contributed by atoms with Crippen molar-refractivity contribution < 1.29 is 33.9 Å². The van der Waals surface area contributed by atoms with Gasteiger partial charge in [-0.2, -0.15) is 26.3 Å². The molecule has 0 bridgehead atoms. The maximum Gasteiger partial charge on any atom is 0.405 e. The van der Waals surface area contributed by atoms with E-state index >= 15 is 0 Å². The molecule has 136 valence electrons. The second-order valence-electron chi connectivity index (χ2n) is 5.59. The van der Waals surface area contributed by atoms with Crippen LogP contribution in [0, 0.1) is 5.92 Å². The second kappa shape index (κ2) is 6.60. The number of rotatable bonds is 5. The predicted molar refractivity (Wildman–Crippen MR) is 76.9 cm³/mol. The first-order chi connectivity index (χ1) is 10.9. The predicted octanol–water partition coefficient (Wildman–Crippen LogP) is 2.74. The van der Waals surface area contributed by atoms with E-state index in [2.05, 4.69) is 0 Å². The number of hydrogen-bond acceptors (Lipinski definition) is 4. The van der Waals surface area contributed by atoms with Gasteiger partial charge >= 0.3 is 16.4 Å². The first kappa shape index (κ1) is 19.1. The van der Waals surface area contributed by atoms with E-state index in [1.54, 1.807) is 4.72 Å². The molecule has 24 heavy (non-hydrogen) atoms. The molecule has 0 aliphatic heterocycles. The van der Waals surface area contributed by atoms with Crippen molar-refractivity contribution in [2.24, 2.45) is 5.92 Å². The molecule has 0 heterocycles. The largest absolute Gasteiger partial charge is 0.405 e. The molecule has 1 saturated carbocycles. The zero-order chi connectivity index (χ0) is 18.2. The average molecular weight is 389 g/mol. The minimum atomic E-state index is -5.02. The molecule has 0 radical (unpaired) electrons. The Morgan fingerprint density at radius 3 is 1.83 bits per heavy atom. The highest BCUT2D eigenvalue weighted by molar-refractivity contribution is 7.89. The van der Waals surface area contributed by atoms with E-state index in [0.717, 1.165) is 12.1 Å². The Labute approximate surface area is 137 Å². The lowest BCUT2D eigenvalue weighted by Gasteiger charge is -2.26. The van der Waals surface area contributed by atoms with E-state index < -0.39 is 48.2 Å². The Morgan fingerprint density at radius 2 is 1.42 bits per heavy atom. The van der Waals surface area contributed by atoms with Crippen LogP contribution in [0.2, 0.25) is 0 Å². The van der Waals surface area contributed by atoms with Crippen LogP contribution in [0.25, 0.3) is 0 Å². The summed E-state index contributed by atoms with van der Waals surface area (Å²) in [5, 5.41) is 0. The lowest BCUT2D eigenvalue weighted by molar-refractivity contribution is -0.162. The Balaban J connectivity index is 2.28. The summed E-state index contributed by atoms with van der Waals surface area (Å²) in [7, 11) is -9.55. The van der Waals surface area contributed by atoms with Crippen LogP contribution in [0.5, 0.6) is 0 Å². The van der Waals surface area contributed by atoms with Crippen LogP contribution >= 0.6 is 0 Å². The van der Waals surface area contributed by atoms with Gasteiger partial charge in [-0.3, -0.25) is 0 Å².